The summed E-state index contributed by atoms with van der Waals surface area (Å²) in [7, 11) is -3.29. The van der Waals surface area contributed by atoms with Gasteiger partial charge >= 0.3 is 0 Å². The molecule has 0 aliphatic rings. The second kappa shape index (κ2) is 5.62. The van der Waals surface area contributed by atoms with E-state index in [0.717, 1.165) is 39.8 Å². The molecule has 0 fully saturated rings. The number of anilines is 1. The molecule has 1 N–H and O–H groups in total. The number of benzene rings is 1. The van der Waals surface area contributed by atoms with Crippen LogP contribution in [0.15, 0.2) is 42.5 Å². The lowest BCUT2D eigenvalue weighted by Crippen LogP contribution is -2.09. The molecule has 3 aromatic rings. The molecule has 0 amide bonds. The number of hydrogen-bond donors (Lipinski definition) is 1. The van der Waals surface area contributed by atoms with Crippen LogP contribution in [0.2, 0.25) is 0 Å². The molecule has 0 atom stereocenters. The maximum Gasteiger partial charge on any atom is 0.229 e. The second-order valence-corrected chi connectivity index (χ2v) is 7.34. The SMILES string of the molecule is Cc1cccc(-c2cc(C)c3cc(NS(C)(=O)=O)ccc3n2)n1. The van der Waals surface area contributed by atoms with Crippen LogP contribution in [0, 0.1) is 13.8 Å². The van der Waals surface area contributed by atoms with E-state index in [-0.39, 0.29) is 0 Å². The fraction of sp³-hybridized carbons (Fsp3) is 0.176. The van der Waals surface area contributed by atoms with Gasteiger partial charge in [0.1, 0.15) is 0 Å². The first-order valence-electron chi connectivity index (χ1n) is 7.15. The van der Waals surface area contributed by atoms with Crippen molar-refractivity contribution in [3.63, 3.8) is 0 Å². The van der Waals surface area contributed by atoms with Crippen LogP contribution in [0.1, 0.15) is 11.3 Å². The van der Waals surface area contributed by atoms with Gasteiger partial charge in [-0.3, -0.25) is 9.71 Å². The van der Waals surface area contributed by atoms with Crippen molar-refractivity contribution < 1.29 is 8.42 Å². The number of aromatic nitrogens is 2. The molecule has 0 saturated carbocycles. The van der Waals surface area contributed by atoms with Crippen LogP contribution < -0.4 is 4.72 Å². The molecule has 1 aromatic carbocycles. The zero-order valence-corrected chi connectivity index (χ0v) is 14.0. The van der Waals surface area contributed by atoms with Crippen molar-refractivity contribution in [3.05, 3.63) is 53.7 Å². The molecule has 5 nitrogen and oxygen atoms in total. The molecular weight excluding hydrogens is 310 g/mol. The van der Waals surface area contributed by atoms with Crippen molar-refractivity contribution in [1.82, 2.24) is 9.97 Å². The maximum atomic E-state index is 11.4. The number of fused-ring (bicyclic) bond motifs is 1. The Bertz CT molecular complexity index is 998. The summed E-state index contributed by atoms with van der Waals surface area (Å²) in [5.74, 6) is 0. The molecule has 2 aromatic heterocycles. The van der Waals surface area contributed by atoms with Gasteiger partial charge in [-0.2, -0.15) is 0 Å². The molecule has 0 unspecified atom stereocenters. The van der Waals surface area contributed by atoms with E-state index >= 15 is 0 Å². The smallest absolute Gasteiger partial charge is 0.229 e. The average molecular weight is 327 g/mol. The molecule has 0 bridgehead atoms. The average Bonchev–Trinajstić information content (AvgIpc) is 2.46. The highest BCUT2D eigenvalue weighted by Gasteiger charge is 2.09. The third kappa shape index (κ3) is 3.48. The van der Waals surface area contributed by atoms with Gasteiger partial charge in [0.15, 0.2) is 0 Å². The number of aryl methyl sites for hydroxylation is 2. The zero-order valence-electron chi connectivity index (χ0n) is 13.2. The fourth-order valence-electron chi connectivity index (χ4n) is 2.49. The minimum Gasteiger partial charge on any atom is -0.284 e. The van der Waals surface area contributed by atoms with Gasteiger partial charge in [0.25, 0.3) is 0 Å². The topological polar surface area (TPSA) is 72.0 Å². The van der Waals surface area contributed by atoms with Crippen molar-refractivity contribution in [2.45, 2.75) is 13.8 Å². The van der Waals surface area contributed by atoms with Gasteiger partial charge < -0.3 is 0 Å². The molecule has 0 aliphatic heterocycles. The summed E-state index contributed by atoms with van der Waals surface area (Å²) in [5, 5.41) is 0.912. The Morgan fingerprint density at radius 2 is 1.74 bits per heavy atom. The van der Waals surface area contributed by atoms with Gasteiger partial charge in [-0.25, -0.2) is 13.4 Å². The van der Waals surface area contributed by atoms with Crippen LogP contribution in [0.4, 0.5) is 5.69 Å². The van der Waals surface area contributed by atoms with Crippen LogP contribution in [0.25, 0.3) is 22.3 Å². The number of nitrogens with zero attached hydrogens (tertiary/aromatic N) is 2. The van der Waals surface area contributed by atoms with Gasteiger partial charge in [0.2, 0.25) is 10.0 Å². The van der Waals surface area contributed by atoms with E-state index in [4.69, 9.17) is 0 Å². The monoisotopic (exact) mass is 327 g/mol. The van der Waals surface area contributed by atoms with Gasteiger partial charge in [-0.05, 0) is 55.8 Å². The Kier molecular flexibility index (Phi) is 3.77. The predicted molar refractivity (Wildman–Crippen MR) is 92.9 cm³/mol. The third-order valence-corrected chi connectivity index (χ3v) is 4.08. The molecule has 23 heavy (non-hydrogen) atoms. The first-order chi connectivity index (χ1) is 10.8. The molecule has 0 radical (unpaired) electrons. The Morgan fingerprint density at radius 3 is 2.43 bits per heavy atom. The van der Waals surface area contributed by atoms with Gasteiger partial charge in [0, 0.05) is 16.8 Å². The summed E-state index contributed by atoms with van der Waals surface area (Å²) in [4.78, 5) is 9.15. The number of rotatable bonds is 3. The van der Waals surface area contributed by atoms with E-state index in [1.54, 1.807) is 12.1 Å². The van der Waals surface area contributed by atoms with Gasteiger partial charge in [-0.1, -0.05) is 6.07 Å². The van der Waals surface area contributed by atoms with Crippen LogP contribution in [-0.4, -0.2) is 24.6 Å². The molecule has 6 heteroatoms. The molecule has 118 valence electrons. The molecule has 0 spiro atoms. The molecule has 0 aliphatic carbocycles. The van der Waals surface area contributed by atoms with E-state index in [0.29, 0.717) is 5.69 Å². The summed E-state index contributed by atoms with van der Waals surface area (Å²) in [6, 6.07) is 13.1. The molecule has 2 heterocycles. The summed E-state index contributed by atoms with van der Waals surface area (Å²) < 4.78 is 25.2. The number of pyridine rings is 2. The van der Waals surface area contributed by atoms with Crippen molar-refractivity contribution in [3.8, 4) is 11.4 Å². The minimum absolute atomic E-state index is 0.534. The van der Waals surface area contributed by atoms with Crippen LogP contribution in [0.5, 0.6) is 0 Å². The van der Waals surface area contributed by atoms with Gasteiger partial charge in [0.05, 0.1) is 23.2 Å². The number of hydrogen-bond acceptors (Lipinski definition) is 4. The van der Waals surface area contributed by atoms with Crippen LogP contribution >= 0.6 is 0 Å². The Balaban J connectivity index is 2.11. The Hall–Kier alpha value is -2.47. The summed E-state index contributed by atoms with van der Waals surface area (Å²) in [5.41, 5.74) is 4.93. The summed E-state index contributed by atoms with van der Waals surface area (Å²) >= 11 is 0. The van der Waals surface area contributed by atoms with E-state index < -0.39 is 10.0 Å². The Morgan fingerprint density at radius 1 is 0.957 bits per heavy atom. The number of nitrogens with one attached hydrogen (secondary N) is 1. The summed E-state index contributed by atoms with van der Waals surface area (Å²) in [6.45, 7) is 3.92. The lowest BCUT2D eigenvalue weighted by Gasteiger charge is -2.09. The maximum absolute atomic E-state index is 11.4. The van der Waals surface area contributed by atoms with E-state index in [1.807, 2.05) is 44.2 Å². The zero-order chi connectivity index (χ0) is 16.6. The predicted octanol–water partition coefficient (Wildman–Crippen LogP) is 3.29. The second-order valence-electron chi connectivity index (χ2n) is 5.59. The first-order valence-corrected chi connectivity index (χ1v) is 9.04. The highest BCUT2D eigenvalue weighted by molar-refractivity contribution is 7.92. The van der Waals surface area contributed by atoms with Crippen LogP contribution in [-0.2, 0) is 10.0 Å². The quantitative estimate of drug-likeness (QED) is 0.801. The number of sulfonamides is 1. The standard InChI is InChI=1S/C17H17N3O2S/c1-11-9-17(16-6-4-5-12(2)18-16)19-15-8-7-13(10-14(11)15)20-23(3,21)22/h4-10,20H,1-3H3. The Labute approximate surface area is 135 Å². The normalized spacial score (nSPS) is 11.6. The van der Waals surface area contributed by atoms with E-state index in [2.05, 4.69) is 14.7 Å². The molecule has 3 rings (SSSR count). The van der Waals surface area contributed by atoms with E-state index in [9.17, 15) is 8.42 Å². The van der Waals surface area contributed by atoms with Crippen molar-refractivity contribution >= 4 is 26.6 Å². The van der Waals surface area contributed by atoms with Gasteiger partial charge in [-0.15, -0.1) is 0 Å². The highest BCUT2D eigenvalue weighted by atomic mass is 32.2. The van der Waals surface area contributed by atoms with Crippen molar-refractivity contribution in [1.29, 1.82) is 0 Å². The molecule has 0 saturated heterocycles. The van der Waals surface area contributed by atoms with Crippen molar-refractivity contribution in [2.75, 3.05) is 11.0 Å². The lowest BCUT2D eigenvalue weighted by atomic mass is 10.1. The third-order valence-electron chi connectivity index (χ3n) is 3.47. The first kappa shape index (κ1) is 15.4. The highest BCUT2D eigenvalue weighted by Crippen LogP contribution is 2.26. The largest absolute Gasteiger partial charge is 0.284 e. The van der Waals surface area contributed by atoms with Crippen molar-refractivity contribution in [2.24, 2.45) is 0 Å². The molecular formula is C17H17N3O2S. The summed E-state index contributed by atoms with van der Waals surface area (Å²) in [6.07, 6.45) is 1.13. The fourth-order valence-corrected chi connectivity index (χ4v) is 3.04. The lowest BCUT2D eigenvalue weighted by molar-refractivity contribution is 0.607. The van der Waals surface area contributed by atoms with Crippen LogP contribution in [0.3, 0.4) is 0 Å². The van der Waals surface area contributed by atoms with E-state index in [1.165, 1.54) is 0 Å². The minimum atomic E-state index is -3.29.